The molecule has 1 aliphatic heterocycles. The molecule has 0 amide bonds. The molecule has 0 spiro atoms. The number of methoxy groups -OCH3 is 1. The molecule has 4 rings (SSSR count). The molecule has 2 heterocycles. The smallest absolute Gasteiger partial charge is 0.338 e. The first-order chi connectivity index (χ1) is 17.8. The van der Waals surface area contributed by atoms with Gasteiger partial charge in [-0.25, -0.2) is 9.48 Å². The highest BCUT2D eigenvalue weighted by Gasteiger charge is 2.35. The molecule has 1 aliphatic rings. The molecule has 1 atom stereocenters. The molecule has 0 bridgehead atoms. The molecule has 1 aromatic heterocycles. The van der Waals surface area contributed by atoms with Crippen LogP contribution in [0.25, 0.3) is 0 Å². The van der Waals surface area contributed by atoms with E-state index in [1.807, 2.05) is 63.2 Å². The number of nitrogens with zero attached hydrogens (tertiary/aromatic N) is 3. The highest BCUT2D eigenvalue weighted by atomic mass is 35.5. The summed E-state index contributed by atoms with van der Waals surface area (Å²) in [6.07, 6.45) is 1.51. The maximum Gasteiger partial charge on any atom is 0.338 e. The molecule has 1 N–H and O–H groups in total. The molecule has 0 saturated heterocycles. The lowest BCUT2D eigenvalue weighted by molar-refractivity contribution is -0.138. The summed E-state index contributed by atoms with van der Waals surface area (Å²) in [6, 6.07) is 12.6. The summed E-state index contributed by atoms with van der Waals surface area (Å²) in [7, 11) is 1.58. The van der Waals surface area contributed by atoms with E-state index in [2.05, 4.69) is 16.9 Å². The molecule has 8 nitrogen and oxygen atoms in total. The van der Waals surface area contributed by atoms with Gasteiger partial charge in [0.15, 0.2) is 11.5 Å². The lowest BCUT2D eigenvalue weighted by Crippen LogP contribution is -2.29. The van der Waals surface area contributed by atoms with Crippen LogP contribution in [0.5, 0.6) is 11.5 Å². The second-order valence-corrected chi connectivity index (χ2v) is 9.92. The number of aromatic nitrogens is 3. The fourth-order valence-electron chi connectivity index (χ4n) is 3.94. The SMILES string of the molecule is C=CCOC(=O)C1=C(C)Nc2nc(SCc3ccccc3Cl)nn2C1c1ccc(OC(C)C)c(OC)c1. The van der Waals surface area contributed by atoms with Gasteiger partial charge in [-0.15, -0.1) is 5.10 Å². The molecule has 37 heavy (non-hydrogen) atoms. The first kappa shape index (κ1) is 26.6. The summed E-state index contributed by atoms with van der Waals surface area (Å²) >= 11 is 7.78. The van der Waals surface area contributed by atoms with Gasteiger partial charge >= 0.3 is 5.97 Å². The van der Waals surface area contributed by atoms with E-state index in [0.29, 0.717) is 44.6 Å². The molecular weight excluding hydrogens is 512 g/mol. The minimum Gasteiger partial charge on any atom is -0.493 e. The topological polar surface area (TPSA) is 87.5 Å². The third kappa shape index (κ3) is 5.94. The van der Waals surface area contributed by atoms with Crippen molar-refractivity contribution in [2.24, 2.45) is 0 Å². The number of hydrogen-bond donors (Lipinski definition) is 1. The van der Waals surface area contributed by atoms with Gasteiger partial charge in [0.2, 0.25) is 11.1 Å². The Bertz CT molecular complexity index is 1340. The Morgan fingerprint density at radius 2 is 2.05 bits per heavy atom. The number of ether oxygens (including phenoxy) is 3. The first-order valence-electron chi connectivity index (χ1n) is 11.8. The number of fused-ring (bicyclic) bond motifs is 1. The summed E-state index contributed by atoms with van der Waals surface area (Å²) in [4.78, 5) is 17.9. The molecule has 10 heteroatoms. The van der Waals surface area contributed by atoms with E-state index in [1.165, 1.54) is 17.8 Å². The maximum atomic E-state index is 13.2. The fraction of sp³-hybridized carbons (Fsp3) is 0.296. The van der Waals surface area contributed by atoms with Crippen molar-refractivity contribution in [2.75, 3.05) is 19.0 Å². The predicted octanol–water partition coefficient (Wildman–Crippen LogP) is 6.04. The molecule has 0 saturated carbocycles. The second-order valence-electron chi connectivity index (χ2n) is 8.57. The van der Waals surface area contributed by atoms with Crippen molar-refractivity contribution in [2.45, 2.75) is 43.8 Å². The maximum absolute atomic E-state index is 13.2. The molecule has 2 aromatic carbocycles. The number of halogens is 1. The van der Waals surface area contributed by atoms with Crippen molar-refractivity contribution >= 4 is 35.3 Å². The Hall–Kier alpha value is -3.43. The van der Waals surface area contributed by atoms with Crippen molar-refractivity contribution < 1.29 is 19.0 Å². The summed E-state index contributed by atoms with van der Waals surface area (Å²) in [5, 5.41) is 9.20. The van der Waals surface area contributed by atoms with Gasteiger partial charge in [0.05, 0.1) is 18.8 Å². The molecule has 3 aromatic rings. The number of allylic oxidation sites excluding steroid dienone is 1. The van der Waals surface area contributed by atoms with Gasteiger partial charge in [-0.05, 0) is 50.1 Å². The summed E-state index contributed by atoms with van der Waals surface area (Å²) in [5.41, 5.74) is 2.80. The molecule has 1 unspecified atom stereocenters. The number of benzene rings is 2. The van der Waals surface area contributed by atoms with Crippen LogP contribution in [-0.4, -0.2) is 40.6 Å². The zero-order valence-electron chi connectivity index (χ0n) is 21.2. The number of rotatable bonds is 10. The third-order valence-electron chi connectivity index (χ3n) is 5.57. The zero-order valence-corrected chi connectivity index (χ0v) is 22.7. The molecule has 0 aliphatic carbocycles. The largest absolute Gasteiger partial charge is 0.493 e. The summed E-state index contributed by atoms with van der Waals surface area (Å²) < 4.78 is 18.6. The Balaban J connectivity index is 1.74. The van der Waals surface area contributed by atoms with E-state index >= 15 is 0 Å². The highest BCUT2D eigenvalue weighted by molar-refractivity contribution is 7.98. The van der Waals surface area contributed by atoms with E-state index < -0.39 is 12.0 Å². The van der Waals surface area contributed by atoms with Crippen LogP contribution >= 0.6 is 23.4 Å². The molecule has 194 valence electrons. The van der Waals surface area contributed by atoms with E-state index in [0.717, 1.165) is 11.1 Å². The Labute approximate surface area is 225 Å². The fourth-order valence-corrected chi connectivity index (χ4v) is 5.06. The van der Waals surface area contributed by atoms with Gasteiger partial charge in [-0.2, -0.15) is 4.98 Å². The van der Waals surface area contributed by atoms with Gasteiger partial charge in [0.1, 0.15) is 12.6 Å². The van der Waals surface area contributed by atoms with Crippen LogP contribution in [-0.2, 0) is 15.3 Å². The van der Waals surface area contributed by atoms with Crippen molar-refractivity contribution in [3.63, 3.8) is 0 Å². The van der Waals surface area contributed by atoms with Crippen LogP contribution in [0.2, 0.25) is 5.02 Å². The number of carbonyl (C=O) groups excluding carboxylic acids is 1. The minimum atomic E-state index is -0.599. The van der Waals surface area contributed by atoms with Gasteiger partial charge < -0.3 is 19.5 Å². The van der Waals surface area contributed by atoms with E-state index in [9.17, 15) is 4.79 Å². The van der Waals surface area contributed by atoms with Crippen molar-refractivity contribution in [3.05, 3.63) is 82.5 Å². The van der Waals surface area contributed by atoms with Crippen LogP contribution in [0, 0.1) is 0 Å². The van der Waals surface area contributed by atoms with Crippen molar-refractivity contribution in [3.8, 4) is 11.5 Å². The quantitative estimate of drug-likeness (QED) is 0.189. The monoisotopic (exact) mass is 540 g/mol. The Kier molecular flexibility index (Phi) is 8.45. The third-order valence-corrected chi connectivity index (χ3v) is 6.82. The average Bonchev–Trinajstić information content (AvgIpc) is 3.28. The second kappa shape index (κ2) is 11.7. The summed E-state index contributed by atoms with van der Waals surface area (Å²) in [6.45, 7) is 9.45. The van der Waals surface area contributed by atoms with Gasteiger partial charge in [0.25, 0.3) is 0 Å². The number of thioether (sulfide) groups is 1. The number of esters is 1. The van der Waals surface area contributed by atoms with Crippen LogP contribution in [0.15, 0.2) is 71.5 Å². The van der Waals surface area contributed by atoms with Gasteiger partial charge in [-0.3, -0.25) is 0 Å². The minimum absolute atomic E-state index is 0.0233. The van der Waals surface area contributed by atoms with Gasteiger partial charge in [-0.1, -0.05) is 60.3 Å². The van der Waals surface area contributed by atoms with E-state index in [1.54, 1.807) is 11.8 Å². The molecule has 0 fully saturated rings. The lowest BCUT2D eigenvalue weighted by atomic mass is 9.95. The van der Waals surface area contributed by atoms with E-state index in [-0.39, 0.29) is 12.7 Å². The average molecular weight is 541 g/mol. The van der Waals surface area contributed by atoms with Crippen LogP contribution in [0.1, 0.15) is 37.9 Å². The van der Waals surface area contributed by atoms with Gasteiger partial charge in [0, 0.05) is 16.5 Å². The first-order valence-corrected chi connectivity index (χ1v) is 13.1. The van der Waals surface area contributed by atoms with Crippen molar-refractivity contribution in [1.29, 1.82) is 0 Å². The summed E-state index contributed by atoms with van der Waals surface area (Å²) in [5.74, 6) is 1.81. The molecule has 0 radical (unpaired) electrons. The number of carbonyl (C=O) groups is 1. The zero-order chi connectivity index (χ0) is 26.5. The van der Waals surface area contributed by atoms with Crippen LogP contribution in [0.3, 0.4) is 0 Å². The normalized spacial score (nSPS) is 14.7. The van der Waals surface area contributed by atoms with Crippen LogP contribution in [0.4, 0.5) is 5.95 Å². The predicted molar refractivity (Wildman–Crippen MR) is 145 cm³/mol. The highest BCUT2D eigenvalue weighted by Crippen LogP contribution is 2.40. The van der Waals surface area contributed by atoms with E-state index in [4.69, 9.17) is 30.9 Å². The van der Waals surface area contributed by atoms with Crippen molar-refractivity contribution in [1.82, 2.24) is 14.8 Å². The number of anilines is 1. The standard InChI is InChI=1S/C27H29ClN4O4S/c1-6-13-35-25(33)23-17(4)29-26-30-27(37-15-19-9-7-8-10-20(19)28)31-32(26)24(23)18-11-12-21(36-16(2)3)22(14-18)34-5/h6-12,14,16,24H,1,13,15H2,2-5H3,(H,29,30,31). The molecular formula is C27H29ClN4O4S. The lowest BCUT2D eigenvalue weighted by Gasteiger charge is -2.28. The Morgan fingerprint density at radius 3 is 2.76 bits per heavy atom. The Morgan fingerprint density at radius 1 is 1.27 bits per heavy atom. The number of hydrogen-bond acceptors (Lipinski definition) is 8. The number of nitrogens with one attached hydrogen (secondary N) is 1. The van der Waals surface area contributed by atoms with Crippen LogP contribution < -0.4 is 14.8 Å².